The van der Waals surface area contributed by atoms with Crippen LogP contribution < -0.4 is 4.18 Å². The van der Waals surface area contributed by atoms with Crippen LogP contribution in [0.2, 0.25) is 0 Å². The average molecular weight is 374 g/mol. The Morgan fingerprint density at radius 2 is 1.84 bits per heavy atom. The molecule has 0 atom stereocenters. The predicted octanol–water partition coefficient (Wildman–Crippen LogP) is 2.61. The maximum absolute atomic E-state index is 13.3. The third kappa shape index (κ3) is 4.16. The van der Waals surface area contributed by atoms with Gasteiger partial charge in [0, 0.05) is 31.2 Å². The fraction of sp³-hybridized carbons (Fsp3) is 0.438. The summed E-state index contributed by atoms with van der Waals surface area (Å²) in [5, 5.41) is 8.99. The molecule has 2 aromatic rings. The number of imidazole rings is 1. The summed E-state index contributed by atoms with van der Waals surface area (Å²) in [6.07, 6.45) is 0.178. The SMILES string of the molecule is CCn1c(CCO)nc(C(C)C)c1S(=O)(=O)Oc1cc(F)cc(F)c1. The first-order chi connectivity index (χ1) is 11.7. The lowest BCUT2D eigenvalue weighted by atomic mass is 10.1. The van der Waals surface area contributed by atoms with Crippen LogP contribution in [0.1, 0.15) is 38.2 Å². The van der Waals surface area contributed by atoms with Crippen LogP contribution in [0.25, 0.3) is 0 Å². The van der Waals surface area contributed by atoms with Gasteiger partial charge in [0.25, 0.3) is 0 Å². The molecule has 0 saturated carbocycles. The van der Waals surface area contributed by atoms with E-state index >= 15 is 0 Å². The van der Waals surface area contributed by atoms with E-state index in [1.807, 2.05) is 0 Å². The predicted molar refractivity (Wildman–Crippen MR) is 87.0 cm³/mol. The Bertz CT molecular complexity index is 843. The van der Waals surface area contributed by atoms with Crippen molar-refractivity contribution in [2.24, 2.45) is 0 Å². The van der Waals surface area contributed by atoms with Crippen LogP contribution in [-0.2, 0) is 23.1 Å². The zero-order chi connectivity index (χ0) is 18.8. The standard InChI is InChI=1S/C16H20F2N2O4S/c1-4-20-14(5-6-21)19-15(10(2)3)16(20)25(22,23)24-13-8-11(17)7-12(18)9-13/h7-10,21H,4-6H2,1-3H3. The van der Waals surface area contributed by atoms with Gasteiger partial charge in [0.05, 0.1) is 12.3 Å². The molecule has 138 valence electrons. The number of halogens is 2. The van der Waals surface area contributed by atoms with E-state index in [1.54, 1.807) is 20.8 Å². The van der Waals surface area contributed by atoms with Crippen molar-refractivity contribution >= 4 is 10.1 Å². The number of hydrogen-bond donors (Lipinski definition) is 1. The smallest absolute Gasteiger partial charge is 0.357 e. The van der Waals surface area contributed by atoms with Gasteiger partial charge in [-0.15, -0.1) is 0 Å². The van der Waals surface area contributed by atoms with Crippen molar-refractivity contribution < 1.29 is 26.5 Å². The van der Waals surface area contributed by atoms with Gasteiger partial charge in [-0.05, 0) is 12.8 Å². The summed E-state index contributed by atoms with van der Waals surface area (Å²) < 4.78 is 58.5. The highest BCUT2D eigenvalue weighted by atomic mass is 32.2. The third-order valence-corrected chi connectivity index (χ3v) is 4.82. The summed E-state index contributed by atoms with van der Waals surface area (Å²) in [6, 6.07) is 2.20. The first-order valence-corrected chi connectivity index (χ1v) is 9.21. The van der Waals surface area contributed by atoms with Gasteiger partial charge in [-0.3, -0.25) is 0 Å². The summed E-state index contributed by atoms with van der Waals surface area (Å²) in [6.45, 7) is 5.36. The van der Waals surface area contributed by atoms with Crippen molar-refractivity contribution in [3.63, 3.8) is 0 Å². The largest absolute Gasteiger partial charge is 0.396 e. The molecule has 9 heteroatoms. The number of aromatic nitrogens is 2. The quantitative estimate of drug-likeness (QED) is 0.754. The maximum Gasteiger partial charge on any atom is 0.357 e. The molecule has 1 heterocycles. The molecule has 0 amide bonds. The van der Waals surface area contributed by atoms with E-state index in [2.05, 4.69) is 4.98 Å². The molecule has 0 spiro atoms. The van der Waals surface area contributed by atoms with Crippen LogP contribution in [-0.4, -0.2) is 29.7 Å². The van der Waals surface area contributed by atoms with Crippen LogP contribution in [0.4, 0.5) is 8.78 Å². The van der Waals surface area contributed by atoms with Crippen LogP contribution in [0.3, 0.4) is 0 Å². The Morgan fingerprint density at radius 3 is 2.32 bits per heavy atom. The molecule has 2 rings (SSSR count). The molecular weight excluding hydrogens is 354 g/mol. The molecule has 0 aliphatic carbocycles. The van der Waals surface area contributed by atoms with Crippen LogP contribution in [0, 0.1) is 11.6 Å². The van der Waals surface area contributed by atoms with Crippen molar-refractivity contribution in [2.45, 2.75) is 44.7 Å². The highest BCUT2D eigenvalue weighted by molar-refractivity contribution is 7.87. The third-order valence-electron chi connectivity index (χ3n) is 3.50. The highest BCUT2D eigenvalue weighted by Crippen LogP contribution is 2.28. The maximum atomic E-state index is 13.3. The molecular formula is C16H20F2N2O4S. The minimum atomic E-state index is -4.38. The van der Waals surface area contributed by atoms with Gasteiger partial charge < -0.3 is 13.9 Å². The first kappa shape index (κ1) is 19.3. The second-order valence-electron chi connectivity index (χ2n) is 5.73. The molecule has 0 fully saturated rings. The van der Waals surface area contributed by atoms with E-state index in [-0.39, 0.29) is 36.2 Å². The number of aliphatic hydroxyl groups is 1. The van der Waals surface area contributed by atoms with Crippen molar-refractivity contribution in [1.29, 1.82) is 0 Å². The van der Waals surface area contributed by atoms with Crippen molar-refractivity contribution in [3.05, 3.63) is 41.4 Å². The molecule has 0 radical (unpaired) electrons. The zero-order valence-electron chi connectivity index (χ0n) is 14.2. The van der Waals surface area contributed by atoms with Crippen LogP contribution in [0.5, 0.6) is 5.75 Å². The molecule has 0 bridgehead atoms. The second kappa shape index (κ2) is 7.49. The van der Waals surface area contributed by atoms with E-state index in [0.29, 0.717) is 11.9 Å². The number of rotatable bonds is 7. The van der Waals surface area contributed by atoms with Crippen molar-refractivity contribution in [3.8, 4) is 5.75 Å². The molecule has 0 saturated heterocycles. The van der Waals surface area contributed by atoms with Crippen LogP contribution >= 0.6 is 0 Å². The van der Waals surface area contributed by atoms with Gasteiger partial charge >= 0.3 is 10.1 Å². The Morgan fingerprint density at radius 1 is 1.24 bits per heavy atom. The summed E-state index contributed by atoms with van der Waals surface area (Å²) in [4.78, 5) is 4.31. The monoisotopic (exact) mass is 374 g/mol. The van der Waals surface area contributed by atoms with E-state index in [1.165, 1.54) is 4.57 Å². The number of aliphatic hydroxyl groups excluding tert-OH is 1. The van der Waals surface area contributed by atoms with Gasteiger partial charge in [-0.25, -0.2) is 13.8 Å². The van der Waals surface area contributed by atoms with Crippen molar-refractivity contribution in [2.75, 3.05) is 6.61 Å². The van der Waals surface area contributed by atoms with Gasteiger partial charge in [-0.1, -0.05) is 13.8 Å². The summed E-state index contributed by atoms with van der Waals surface area (Å²) >= 11 is 0. The Labute approximate surface area is 145 Å². The van der Waals surface area contributed by atoms with Gasteiger partial charge in [-0.2, -0.15) is 8.42 Å². The lowest BCUT2D eigenvalue weighted by Crippen LogP contribution is -2.18. The minimum Gasteiger partial charge on any atom is -0.396 e. The molecule has 0 aliphatic rings. The fourth-order valence-corrected chi connectivity index (χ4v) is 3.97. The summed E-state index contributed by atoms with van der Waals surface area (Å²) in [5.74, 6) is -2.18. The van der Waals surface area contributed by atoms with E-state index in [4.69, 9.17) is 9.29 Å². The molecule has 6 nitrogen and oxygen atoms in total. The first-order valence-electron chi connectivity index (χ1n) is 7.80. The van der Waals surface area contributed by atoms with E-state index < -0.39 is 27.5 Å². The molecule has 1 N–H and O–H groups in total. The molecule has 1 aromatic heterocycles. The second-order valence-corrected chi connectivity index (χ2v) is 7.20. The number of nitrogens with zero attached hydrogens (tertiary/aromatic N) is 2. The van der Waals surface area contributed by atoms with E-state index in [9.17, 15) is 17.2 Å². The zero-order valence-corrected chi connectivity index (χ0v) is 15.0. The average Bonchev–Trinajstić information content (AvgIpc) is 2.85. The minimum absolute atomic E-state index is 0.168. The number of benzene rings is 1. The van der Waals surface area contributed by atoms with Gasteiger partial charge in [0.15, 0.2) is 5.03 Å². The molecule has 0 unspecified atom stereocenters. The summed E-state index contributed by atoms with van der Waals surface area (Å²) in [5.41, 5.74) is 0.280. The number of hydrogen-bond acceptors (Lipinski definition) is 5. The van der Waals surface area contributed by atoms with E-state index in [0.717, 1.165) is 12.1 Å². The van der Waals surface area contributed by atoms with Gasteiger partial charge in [0.2, 0.25) is 0 Å². The Hall–Kier alpha value is -2.00. The van der Waals surface area contributed by atoms with Crippen LogP contribution in [0.15, 0.2) is 23.2 Å². The highest BCUT2D eigenvalue weighted by Gasteiger charge is 2.30. The Kier molecular flexibility index (Phi) is 5.79. The molecule has 1 aromatic carbocycles. The Balaban J connectivity index is 2.57. The summed E-state index contributed by atoms with van der Waals surface area (Å²) in [7, 11) is -4.38. The molecule has 25 heavy (non-hydrogen) atoms. The van der Waals surface area contributed by atoms with Crippen molar-refractivity contribution in [1.82, 2.24) is 9.55 Å². The lowest BCUT2D eigenvalue weighted by molar-refractivity contribution is 0.294. The fourth-order valence-electron chi connectivity index (χ4n) is 2.50. The topological polar surface area (TPSA) is 81.4 Å². The van der Waals surface area contributed by atoms with Gasteiger partial charge in [0.1, 0.15) is 23.2 Å². The molecule has 0 aliphatic heterocycles. The normalized spacial score (nSPS) is 12.0. The lowest BCUT2D eigenvalue weighted by Gasteiger charge is -2.13.